The van der Waals surface area contributed by atoms with Crippen molar-refractivity contribution in [2.75, 3.05) is 21.3 Å². The Morgan fingerprint density at radius 2 is 0.824 bits per heavy atom. The average molecular weight is 1020 g/mol. The summed E-state index contributed by atoms with van der Waals surface area (Å²) in [5, 5.41) is 24.5. The van der Waals surface area contributed by atoms with Crippen LogP contribution >= 0.6 is 46.4 Å². The number of hydrogen-bond donors (Lipinski definition) is 4. The smallest absolute Gasteiger partial charge is 0.324 e. The van der Waals surface area contributed by atoms with Gasteiger partial charge in [0.1, 0.15) is 0 Å². The first-order chi connectivity index (χ1) is 31.7. The summed E-state index contributed by atoms with van der Waals surface area (Å²) < 4.78 is 81.4. The molecule has 0 bridgehead atoms. The molecule has 0 heterocycles. The number of nitrogens with zero attached hydrogens (tertiary/aromatic N) is 4. The first kappa shape index (κ1) is 52.2. The van der Waals surface area contributed by atoms with Gasteiger partial charge in [0.15, 0.2) is 11.6 Å². The summed E-state index contributed by atoms with van der Waals surface area (Å²) in [5.74, 6) is -5.46. The van der Waals surface area contributed by atoms with Crippen molar-refractivity contribution in [3.63, 3.8) is 0 Å². The summed E-state index contributed by atoms with van der Waals surface area (Å²) in [4.78, 5) is 78.0. The zero-order chi connectivity index (χ0) is 50.4. The quantitative estimate of drug-likeness (QED) is 0.0484. The number of carbonyl (C=O) groups excluding carboxylic acids is 6. The van der Waals surface area contributed by atoms with Crippen LogP contribution in [0.15, 0.2) is 105 Å². The van der Waals surface area contributed by atoms with Crippen molar-refractivity contribution in [3.05, 3.63) is 138 Å². The first-order valence-corrected chi connectivity index (χ1v) is 20.7. The van der Waals surface area contributed by atoms with Crippen LogP contribution in [0.25, 0.3) is 0 Å². The molecule has 2 atom stereocenters. The van der Waals surface area contributed by atoms with Crippen molar-refractivity contribution in [2.24, 2.45) is 20.5 Å². The van der Waals surface area contributed by atoms with Gasteiger partial charge < -0.3 is 21.3 Å². The Hall–Kier alpha value is -6.74. The van der Waals surface area contributed by atoms with Crippen LogP contribution in [-0.2, 0) is 31.5 Å². The van der Waals surface area contributed by atoms with Gasteiger partial charge in [0, 0.05) is 42.6 Å². The second-order valence-corrected chi connectivity index (χ2v) is 16.3. The average Bonchev–Trinajstić information content (AvgIpc) is 3.22. The van der Waals surface area contributed by atoms with Crippen LogP contribution in [0, 0.1) is 13.8 Å². The minimum absolute atomic E-state index is 0.0789. The lowest BCUT2D eigenvalue weighted by molar-refractivity contribution is -0.137. The van der Waals surface area contributed by atoms with Crippen LogP contribution in [0.5, 0.6) is 0 Å². The first-order valence-electron chi connectivity index (χ1n) is 19.2. The fourth-order valence-corrected chi connectivity index (χ4v) is 6.83. The molecule has 2 unspecified atom stereocenters. The van der Waals surface area contributed by atoms with Gasteiger partial charge in [0.25, 0.3) is 23.6 Å². The number of carbonyl (C=O) groups is 6. The molecule has 0 spiro atoms. The van der Waals surface area contributed by atoms with E-state index in [2.05, 4.69) is 41.7 Å². The summed E-state index contributed by atoms with van der Waals surface area (Å²) >= 11 is 24.0. The molecule has 354 valence electrons. The third kappa shape index (κ3) is 13.5. The van der Waals surface area contributed by atoms with Crippen LogP contribution in [0.2, 0.25) is 20.1 Å². The Labute approximate surface area is 401 Å². The molecule has 68 heavy (non-hydrogen) atoms. The molecular formula is C44H32Cl4F6N8O6. The number of nitrogens with one attached hydrogen (secondary N) is 4. The lowest BCUT2D eigenvalue weighted by Crippen LogP contribution is -2.33. The van der Waals surface area contributed by atoms with E-state index in [4.69, 9.17) is 46.4 Å². The molecule has 5 rings (SSSR count). The highest BCUT2D eigenvalue weighted by atomic mass is 35.5. The number of azo groups is 2. The molecule has 4 N–H and O–H groups in total. The SMILES string of the molecule is CC(=O)C(N=Nc1cc(Cl)cc(C(=O)Nc2cc(Cl)ccc2C(F)(F)F)c1)C(=O)Nc1ccc(NC(=O)C(N=Nc2cc(Cl)cc(C(=O)Nc3cc(Cl)ccc3C(F)(F)F)c2)C(C)=O)c(C)c1C. The third-order valence-electron chi connectivity index (χ3n) is 9.51. The van der Waals surface area contributed by atoms with E-state index < -0.39 is 82.1 Å². The molecule has 0 aliphatic heterocycles. The topological polar surface area (TPSA) is 200 Å². The van der Waals surface area contributed by atoms with Gasteiger partial charge in [-0.1, -0.05) is 46.4 Å². The maximum absolute atomic E-state index is 13.6. The van der Waals surface area contributed by atoms with Gasteiger partial charge in [0.05, 0.1) is 33.9 Å². The molecule has 5 aromatic rings. The normalized spacial score (nSPS) is 12.7. The molecule has 0 saturated heterocycles. The fraction of sp³-hybridized carbons (Fsp3) is 0.182. The van der Waals surface area contributed by atoms with Crippen molar-refractivity contribution in [3.8, 4) is 0 Å². The molecule has 24 heteroatoms. The number of halogens is 10. The molecule has 5 aromatic carbocycles. The lowest BCUT2D eigenvalue weighted by Gasteiger charge is -2.17. The van der Waals surface area contributed by atoms with E-state index in [1.807, 2.05) is 0 Å². The van der Waals surface area contributed by atoms with Crippen LogP contribution in [0.4, 0.5) is 60.5 Å². The van der Waals surface area contributed by atoms with Gasteiger partial charge in [0.2, 0.25) is 12.1 Å². The van der Waals surface area contributed by atoms with Crippen molar-refractivity contribution >= 4 is 116 Å². The molecular weight excluding hydrogens is 992 g/mol. The van der Waals surface area contributed by atoms with Crippen molar-refractivity contribution in [2.45, 2.75) is 52.1 Å². The second-order valence-electron chi connectivity index (χ2n) is 14.5. The number of ketones is 2. The summed E-state index contributed by atoms with van der Waals surface area (Å²) in [6, 6.07) is 11.4. The summed E-state index contributed by atoms with van der Waals surface area (Å²) in [5.41, 5.74) is -3.23. The minimum Gasteiger partial charge on any atom is -0.324 e. The third-order valence-corrected chi connectivity index (χ3v) is 10.4. The molecule has 0 saturated carbocycles. The predicted molar refractivity (Wildman–Crippen MR) is 243 cm³/mol. The minimum atomic E-state index is -4.82. The van der Waals surface area contributed by atoms with Crippen LogP contribution < -0.4 is 21.3 Å². The Kier molecular flexibility index (Phi) is 16.5. The molecule has 14 nitrogen and oxygen atoms in total. The second kappa shape index (κ2) is 21.5. The Balaban J connectivity index is 1.28. The van der Waals surface area contributed by atoms with E-state index in [9.17, 15) is 55.1 Å². The molecule has 4 amide bonds. The number of amides is 4. The Morgan fingerprint density at radius 3 is 1.15 bits per heavy atom. The number of rotatable bonds is 14. The number of alkyl halides is 6. The largest absolute Gasteiger partial charge is 0.418 e. The summed E-state index contributed by atoms with van der Waals surface area (Å²) in [6.45, 7) is 5.25. The number of benzene rings is 5. The van der Waals surface area contributed by atoms with Crippen LogP contribution in [-0.4, -0.2) is 47.3 Å². The van der Waals surface area contributed by atoms with Crippen molar-refractivity contribution < 1.29 is 55.1 Å². The van der Waals surface area contributed by atoms with Gasteiger partial charge in [-0.25, -0.2) is 0 Å². The number of anilines is 4. The monoisotopic (exact) mass is 1020 g/mol. The highest BCUT2D eigenvalue weighted by Gasteiger charge is 2.35. The zero-order valence-corrected chi connectivity index (χ0v) is 38.3. The van der Waals surface area contributed by atoms with E-state index >= 15 is 0 Å². The molecule has 0 radical (unpaired) electrons. The molecule has 0 fully saturated rings. The van der Waals surface area contributed by atoms with Gasteiger partial charge in [-0.05, 0) is 124 Å². The maximum Gasteiger partial charge on any atom is 0.418 e. The standard InChI is InChI=1S/C44H32Cl4F6N8O6/c1-19-20(2)34(56-42(68)38(22(4)64)62-60-30-14-24(12-28(48)16-30)40(66)58-36-18-26(46)6-8-32(36)44(52,53)54)10-9-33(19)55-41(67)37(21(3)63)61-59-29-13-23(11-27(47)15-29)39(65)57-35-17-25(45)5-7-31(35)43(49,50)51/h5-18,37-38H,1-4H3,(H,55,67)(H,56,68)(H,57,65)(H,58,66). The van der Waals surface area contributed by atoms with E-state index in [1.165, 1.54) is 24.3 Å². The van der Waals surface area contributed by atoms with Gasteiger partial charge >= 0.3 is 12.4 Å². The van der Waals surface area contributed by atoms with Crippen molar-refractivity contribution in [1.82, 2.24) is 0 Å². The van der Waals surface area contributed by atoms with Crippen LogP contribution in [0.1, 0.15) is 56.8 Å². The number of Topliss-reactive ketones (excluding diaryl/α,β-unsaturated/α-hetero) is 2. The summed E-state index contributed by atoms with van der Waals surface area (Å²) in [7, 11) is 0. The summed E-state index contributed by atoms with van der Waals surface area (Å²) in [6.07, 6.45) is -9.65. The Morgan fingerprint density at radius 1 is 0.471 bits per heavy atom. The van der Waals surface area contributed by atoms with E-state index in [1.54, 1.807) is 13.8 Å². The predicted octanol–water partition coefficient (Wildman–Crippen LogP) is 12.8. The van der Waals surface area contributed by atoms with Crippen LogP contribution in [0.3, 0.4) is 0 Å². The lowest BCUT2D eigenvalue weighted by atomic mass is 10.0. The highest BCUT2D eigenvalue weighted by Crippen LogP contribution is 2.38. The van der Waals surface area contributed by atoms with Crippen molar-refractivity contribution in [1.29, 1.82) is 0 Å². The van der Waals surface area contributed by atoms with Gasteiger partial charge in [-0.3, -0.25) is 28.8 Å². The fourth-order valence-electron chi connectivity index (χ4n) is 6.03. The molecule has 0 aliphatic carbocycles. The van der Waals surface area contributed by atoms with E-state index in [0.717, 1.165) is 62.4 Å². The maximum atomic E-state index is 13.6. The molecule has 0 aromatic heterocycles. The zero-order valence-electron chi connectivity index (χ0n) is 35.3. The number of hydrogen-bond acceptors (Lipinski definition) is 10. The van der Waals surface area contributed by atoms with E-state index in [0.29, 0.717) is 23.3 Å². The Bertz CT molecular complexity index is 2740. The van der Waals surface area contributed by atoms with E-state index in [-0.39, 0.29) is 54.0 Å². The molecule has 0 aliphatic rings. The highest BCUT2D eigenvalue weighted by molar-refractivity contribution is 6.32. The van der Waals surface area contributed by atoms with Gasteiger partial charge in [-0.2, -0.15) is 46.8 Å². The van der Waals surface area contributed by atoms with Gasteiger partial charge in [-0.15, -0.1) is 0 Å².